The van der Waals surface area contributed by atoms with Gasteiger partial charge in [-0.1, -0.05) is 13.8 Å². The molecule has 6 nitrogen and oxygen atoms in total. The minimum atomic E-state index is -0.00152. The summed E-state index contributed by atoms with van der Waals surface area (Å²) in [5, 5.41) is 13.8. The fourth-order valence-electron chi connectivity index (χ4n) is 2.88. The number of hydrogen-bond acceptors (Lipinski definition) is 5. The van der Waals surface area contributed by atoms with Gasteiger partial charge in [-0.2, -0.15) is 5.10 Å². The SMILES string of the molecule is CC(C)c1nc(CN2CCc3c(c(CO)nn3C)C2)co1. The average molecular weight is 290 g/mol. The Morgan fingerprint density at radius 2 is 2.24 bits per heavy atom. The third-order valence-electron chi connectivity index (χ3n) is 4.00. The summed E-state index contributed by atoms with van der Waals surface area (Å²) in [7, 11) is 1.94. The summed E-state index contributed by atoms with van der Waals surface area (Å²) in [5.74, 6) is 1.10. The fourth-order valence-corrected chi connectivity index (χ4v) is 2.88. The molecule has 114 valence electrons. The molecule has 1 aliphatic rings. The lowest BCUT2D eigenvalue weighted by Gasteiger charge is -2.26. The highest BCUT2D eigenvalue weighted by Gasteiger charge is 2.24. The van der Waals surface area contributed by atoms with E-state index in [1.54, 1.807) is 6.26 Å². The van der Waals surface area contributed by atoms with Crippen molar-refractivity contribution in [3.8, 4) is 0 Å². The smallest absolute Gasteiger partial charge is 0.196 e. The van der Waals surface area contributed by atoms with Crippen LogP contribution in [0.3, 0.4) is 0 Å². The molecule has 1 N–H and O–H groups in total. The molecule has 21 heavy (non-hydrogen) atoms. The highest BCUT2D eigenvalue weighted by atomic mass is 16.3. The lowest BCUT2D eigenvalue weighted by molar-refractivity contribution is 0.234. The van der Waals surface area contributed by atoms with Gasteiger partial charge in [0.2, 0.25) is 0 Å². The number of fused-ring (bicyclic) bond motifs is 1. The summed E-state index contributed by atoms with van der Waals surface area (Å²) in [6, 6.07) is 0. The maximum Gasteiger partial charge on any atom is 0.196 e. The molecule has 0 saturated heterocycles. The number of hydrogen-bond donors (Lipinski definition) is 1. The second-order valence-corrected chi connectivity index (χ2v) is 5.95. The van der Waals surface area contributed by atoms with E-state index in [-0.39, 0.29) is 6.61 Å². The molecule has 0 aromatic carbocycles. The van der Waals surface area contributed by atoms with Crippen molar-refractivity contribution in [2.24, 2.45) is 7.05 Å². The Morgan fingerprint density at radius 3 is 2.90 bits per heavy atom. The number of oxazole rings is 1. The van der Waals surface area contributed by atoms with Crippen LogP contribution in [0.1, 0.15) is 48.3 Å². The Labute approximate surface area is 124 Å². The number of aliphatic hydroxyl groups is 1. The summed E-state index contributed by atoms with van der Waals surface area (Å²) < 4.78 is 7.39. The minimum absolute atomic E-state index is 0.00152. The monoisotopic (exact) mass is 290 g/mol. The molecular weight excluding hydrogens is 268 g/mol. The van der Waals surface area contributed by atoms with Gasteiger partial charge in [-0.25, -0.2) is 4.98 Å². The molecule has 2 aromatic heterocycles. The zero-order valence-corrected chi connectivity index (χ0v) is 12.8. The van der Waals surface area contributed by atoms with Gasteiger partial charge in [0.05, 0.1) is 18.0 Å². The molecule has 0 aliphatic carbocycles. The third-order valence-corrected chi connectivity index (χ3v) is 4.00. The number of aromatic nitrogens is 3. The van der Waals surface area contributed by atoms with Crippen LogP contribution in [0.2, 0.25) is 0 Å². The molecule has 3 rings (SSSR count). The quantitative estimate of drug-likeness (QED) is 0.926. The molecule has 0 radical (unpaired) electrons. The predicted octanol–water partition coefficient (Wildman–Crippen LogP) is 1.58. The standard InChI is InChI=1S/C15H22N4O2/c1-10(2)15-16-11(9-21-15)6-19-5-4-14-12(7-19)13(8-20)17-18(14)3/h9-10,20H,4-8H2,1-3H3. The number of nitrogens with zero attached hydrogens (tertiary/aromatic N) is 4. The van der Waals surface area contributed by atoms with E-state index in [0.29, 0.717) is 5.92 Å². The van der Waals surface area contributed by atoms with Crippen LogP contribution in [0.5, 0.6) is 0 Å². The Morgan fingerprint density at radius 1 is 1.43 bits per heavy atom. The van der Waals surface area contributed by atoms with Crippen LogP contribution in [0.25, 0.3) is 0 Å². The predicted molar refractivity (Wildman–Crippen MR) is 77.5 cm³/mol. The van der Waals surface area contributed by atoms with Crippen molar-refractivity contribution in [2.75, 3.05) is 6.54 Å². The van der Waals surface area contributed by atoms with Gasteiger partial charge in [-0.3, -0.25) is 9.58 Å². The van der Waals surface area contributed by atoms with Gasteiger partial charge in [0.25, 0.3) is 0 Å². The molecule has 0 amide bonds. The minimum Gasteiger partial charge on any atom is -0.448 e. The van der Waals surface area contributed by atoms with Crippen molar-refractivity contribution in [3.63, 3.8) is 0 Å². The van der Waals surface area contributed by atoms with Gasteiger partial charge in [0, 0.05) is 50.3 Å². The van der Waals surface area contributed by atoms with E-state index in [1.807, 2.05) is 11.7 Å². The van der Waals surface area contributed by atoms with Gasteiger partial charge in [0.15, 0.2) is 5.89 Å². The molecule has 3 heterocycles. The molecule has 0 bridgehead atoms. The van der Waals surface area contributed by atoms with E-state index >= 15 is 0 Å². The fraction of sp³-hybridized carbons (Fsp3) is 0.600. The normalized spacial score (nSPS) is 15.7. The van der Waals surface area contributed by atoms with Crippen molar-refractivity contribution < 1.29 is 9.52 Å². The maximum atomic E-state index is 9.43. The first kappa shape index (κ1) is 14.3. The highest BCUT2D eigenvalue weighted by molar-refractivity contribution is 5.28. The van der Waals surface area contributed by atoms with Crippen LogP contribution >= 0.6 is 0 Å². The Kier molecular flexibility index (Phi) is 3.82. The first-order valence-corrected chi connectivity index (χ1v) is 7.39. The van der Waals surface area contributed by atoms with Gasteiger partial charge in [0.1, 0.15) is 6.26 Å². The third kappa shape index (κ3) is 2.73. The summed E-state index contributed by atoms with van der Waals surface area (Å²) >= 11 is 0. The van der Waals surface area contributed by atoms with E-state index in [1.165, 1.54) is 11.3 Å². The molecule has 6 heteroatoms. The van der Waals surface area contributed by atoms with Crippen molar-refractivity contribution in [3.05, 3.63) is 34.8 Å². The molecule has 1 aliphatic heterocycles. The van der Waals surface area contributed by atoms with E-state index in [0.717, 1.165) is 43.3 Å². The van der Waals surface area contributed by atoms with Gasteiger partial charge < -0.3 is 9.52 Å². The average Bonchev–Trinajstić information content (AvgIpc) is 3.04. The molecule has 0 fully saturated rings. The zero-order chi connectivity index (χ0) is 15.0. The van der Waals surface area contributed by atoms with Crippen molar-refractivity contribution in [1.29, 1.82) is 0 Å². The Hall–Kier alpha value is -1.66. The number of aliphatic hydroxyl groups excluding tert-OH is 1. The summed E-state index contributed by atoms with van der Waals surface area (Å²) in [6.07, 6.45) is 2.70. The van der Waals surface area contributed by atoms with E-state index in [4.69, 9.17) is 4.42 Å². The second-order valence-electron chi connectivity index (χ2n) is 5.95. The lowest BCUT2D eigenvalue weighted by Crippen LogP contribution is -2.31. The molecule has 2 aromatic rings. The number of rotatable bonds is 4. The lowest BCUT2D eigenvalue weighted by atomic mass is 10.1. The van der Waals surface area contributed by atoms with E-state index < -0.39 is 0 Å². The van der Waals surface area contributed by atoms with Crippen LogP contribution in [0, 0.1) is 0 Å². The molecule has 0 atom stereocenters. The van der Waals surface area contributed by atoms with Crippen molar-refractivity contribution >= 4 is 0 Å². The molecule has 0 spiro atoms. The summed E-state index contributed by atoms with van der Waals surface area (Å²) in [6.45, 7) is 6.70. The largest absolute Gasteiger partial charge is 0.448 e. The second kappa shape index (κ2) is 5.61. The summed E-state index contributed by atoms with van der Waals surface area (Å²) in [5.41, 5.74) is 4.16. The van der Waals surface area contributed by atoms with Crippen LogP contribution in [0.4, 0.5) is 0 Å². The topological polar surface area (TPSA) is 67.3 Å². The van der Waals surface area contributed by atoms with Crippen LogP contribution in [0.15, 0.2) is 10.7 Å². The molecule has 0 saturated carbocycles. The van der Waals surface area contributed by atoms with E-state index in [9.17, 15) is 5.11 Å². The first-order chi connectivity index (χ1) is 10.1. The highest BCUT2D eigenvalue weighted by Crippen LogP contribution is 2.23. The zero-order valence-electron chi connectivity index (χ0n) is 12.8. The number of aryl methyl sites for hydroxylation is 1. The van der Waals surface area contributed by atoms with E-state index in [2.05, 4.69) is 28.8 Å². The van der Waals surface area contributed by atoms with Gasteiger partial charge in [-0.15, -0.1) is 0 Å². The molecular formula is C15H22N4O2. The maximum absolute atomic E-state index is 9.43. The van der Waals surface area contributed by atoms with Crippen LogP contribution < -0.4 is 0 Å². The summed E-state index contributed by atoms with van der Waals surface area (Å²) in [4.78, 5) is 6.85. The van der Waals surface area contributed by atoms with Crippen molar-refractivity contribution in [1.82, 2.24) is 19.7 Å². The van der Waals surface area contributed by atoms with Crippen LogP contribution in [-0.2, 0) is 33.2 Å². The van der Waals surface area contributed by atoms with Gasteiger partial charge >= 0.3 is 0 Å². The van der Waals surface area contributed by atoms with Crippen molar-refractivity contribution in [2.45, 2.75) is 45.9 Å². The first-order valence-electron chi connectivity index (χ1n) is 7.39. The molecule has 0 unspecified atom stereocenters. The Bertz CT molecular complexity index is 630. The van der Waals surface area contributed by atoms with Crippen LogP contribution in [-0.4, -0.2) is 31.3 Å². The van der Waals surface area contributed by atoms with Gasteiger partial charge in [-0.05, 0) is 0 Å². The Balaban J connectivity index is 1.73.